The average Bonchev–Trinajstić information content (AvgIpc) is 3.24. The van der Waals surface area contributed by atoms with Crippen LogP contribution in [0, 0.1) is 11.7 Å². The number of amides is 2. The summed E-state index contributed by atoms with van der Waals surface area (Å²) in [5.74, 6) is -1.03. The molecule has 1 aromatic carbocycles. The van der Waals surface area contributed by atoms with Crippen LogP contribution in [0.4, 0.5) is 4.39 Å². The van der Waals surface area contributed by atoms with Crippen molar-refractivity contribution in [3.05, 3.63) is 35.6 Å². The smallest absolute Gasteiger partial charge is 0.240 e. The highest BCUT2D eigenvalue weighted by Crippen LogP contribution is 2.46. The monoisotopic (exact) mass is 343 g/mol. The molecule has 0 saturated heterocycles. The van der Waals surface area contributed by atoms with Gasteiger partial charge >= 0.3 is 0 Å². The van der Waals surface area contributed by atoms with Gasteiger partial charge in [0.05, 0.1) is 18.1 Å². The molecule has 0 aromatic heterocycles. The third kappa shape index (κ3) is 4.65. The first-order chi connectivity index (χ1) is 10.4. The summed E-state index contributed by atoms with van der Waals surface area (Å²) in [5.41, 5.74) is 5.57. The highest BCUT2D eigenvalue weighted by Gasteiger charge is 2.47. The van der Waals surface area contributed by atoms with Crippen molar-refractivity contribution in [3.8, 4) is 0 Å². The Labute approximate surface area is 141 Å². The largest absolute Gasteiger partial charge is 0.346 e. The lowest BCUT2D eigenvalue weighted by Crippen LogP contribution is -2.48. The lowest BCUT2D eigenvalue weighted by Gasteiger charge is -2.20. The Hall–Kier alpha value is -1.66. The van der Waals surface area contributed by atoms with Crippen molar-refractivity contribution in [2.24, 2.45) is 11.7 Å². The van der Waals surface area contributed by atoms with Gasteiger partial charge in [0, 0.05) is 5.56 Å². The summed E-state index contributed by atoms with van der Waals surface area (Å²) >= 11 is 0. The highest BCUT2D eigenvalue weighted by atomic mass is 35.5. The fraction of sp³-hybridized carbons (Fsp3) is 0.500. The van der Waals surface area contributed by atoms with Crippen LogP contribution in [0.1, 0.15) is 32.3 Å². The van der Waals surface area contributed by atoms with Gasteiger partial charge in [-0.25, -0.2) is 4.39 Å². The summed E-state index contributed by atoms with van der Waals surface area (Å²) in [6.45, 7) is 3.51. The van der Waals surface area contributed by atoms with Crippen molar-refractivity contribution in [2.75, 3.05) is 6.54 Å². The number of carbonyl (C=O) groups excluding carboxylic acids is 2. The van der Waals surface area contributed by atoms with Gasteiger partial charge in [0.2, 0.25) is 11.8 Å². The Morgan fingerprint density at radius 1 is 1.30 bits per heavy atom. The molecule has 1 aliphatic rings. The second-order valence-electron chi connectivity index (χ2n) is 6.10. The highest BCUT2D eigenvalue weighted by molar-refractivity contribution is 5.88. The van der Waals surface area contributed by atoms with E-state index in [4.69, 9.17) is 5.73 Å². The third-order valence-electron chi connectivity index (χ3n) is 3.96. The maximum absolute atomic E-state index is 13.8. The van der Waals surface area contributed by atoms with Gasteiger partial charge in [-0.15, -0.1) is 12.4 Å². The number of carbonyl (C=O) groups is 2. The molecule has 0 spiro atoms. The maximum atomic E-state index is 13.8. The normalized spacial score (nSPS) is 16.2. The molecule has 4 N–H and O–H groups in total. The average molecular weight is 344 g/mol. The number of hydrogen-bond donors (Lipinski definition) is 3. The van der Waals surface area contributed by atoms with Crippen LogP contribution < -0.4 is 16.4 Å². The van der Waals surface area contributed by atoms with Crippen LogP contribution in [0.25, 0.3) is 0 Å². The predicted molar refractivity (Wildman–Crippen MR) is 88.5 cm³/mol. The number of nitrogens with two attached hydrogens (primary N) is 1. The van der Waals surface area contributed by atoms with Crippen molar-refractivity contribution < 1.29 is 14.0 Å². The number of halogens is 2. The lowest BCUT2D eigenvalue weighted by molar-refractivity contribution is -0.127. The SMILES string of the molecule is CC(C)[C@H](N)C(=O)NCC(=O)NC1(c2ccccc2F)CC1.Cl. The Morgan fingerprint density at radius 2 is 1.91 bits per heavy atom. The quantitative estimate of drug-likeness (QED) is 0.731. The molecule has 23 heavy (non-hydrogen) atoms. The Balaban J connectivity index is 0.00000264. The zero-order chi connectivity index (χ0) is 16.3. The minimum absolute atomic E-state index is 0. The van der Waals surface area contributed by atoms with Crippen LogP contribution in [-0.2, 0) is 15.1 Å². The van der Waals surface area contributed by atoms with Gasteiger partial charge in [0.1, 0.15) is 5.82 Å². The first-order valence-electron chi connectivity index (χ1n) is 7.45. The Kier molecular flexibility index (Phi) is 6.53. The van der Waals surface area contributed by atoms with E-state index >= 15 is 0 Å². The van der Waals surface area contributed by atoms with Gasteiger partial charge in [-0.3, -0.25) is 9.59 Å². The Bertz CT molecular complexity index is 576. The molecular weight excluding hydrogens is 321 g/mol. The van der Waals surface area contributed by atoms with Crippen LogP contribution in [0.5, 0.6) is 0 Å². The van der Waals surface area contributed by atoms with Gasteiger partial charge in [-0.05, 0) is 24.8 Å². The van der Waals surface area contributed by atoms with E-state index in [1.54, 1.807) is 18.2 Å². The zero-order valence-corrected chi connectivity index (χ0v) is 14.1. The maximum Gasteiger partial charge on any atom is 0.240 e. The number of benzene rings is 1. The molecule has 2 rings (SSSR count). The minimum atomic E-state index is -0.644. The summed E-state index contributed by atoms with van der Waals surface area (Å²) in [6.07, 6.45) is 1.39. The first-order valence-corrected chi connectivity index (χ1v) is 7.45. The molecule has 2 amide bonds. The summed E-state index contributed by atoms with van der Waals surface area (Å²) in [4.78, 5) is 23.7. The van der Waals surface area contributed by atoms with E-state index in [2.05, 4.69) is 10.6 Å². The molecule has 0 unspecified atom stereocenters. The van der Waals surface area contributed by atoms with Crippen molar-refractivity contribution in [1.82, 2.24) is 10.6 Å². The van der Waals surface area contributed by atoms with Crippen LogP contribution in [0.2, 0.25) is 0 Å². The fourth-order valence-corrected chi connectivity index (χ4v) is 2.34. The summed E-state index contributed by atoms with van der Waals surface area (Å²) in [7, 11) is 0. The van der Waals surface area contributed by atoms with E-state index in [-0.39, 0.29) is 42.5 Å². The molecule has 7 heteroatoms. The van der Waals surface area contributed by atoms with Gasteiger partial charge in [0.25, 0.3) is 0 Å². The van der Waals surface area contributed by atoms with E-state index in [0.717, 1.165) is 0 Å². The fourth-order valence-electron chi connectivity index (χ4n) is 2.34. The van der Waals surface area contributed by atoms with E-state index in [1.807, 2.05) is 13.8 Å². The second kappa shape index (κ2) is 7.75. The van der Waals surface area contributed by atoms with Crippen LogP contribution in [0.3, 0.4) is 0 Å². The number of hydrogen-bond acceptors (Lipinski definition) is 3. The molecule has 1 aromatic rings. The number of rotatable bonds is 6. The molecule has 1 fully saturated rings. The number of nitrogens with one attached hydrogen (secondary N) is 2. The molecule has 1 saturated carbocycles. The van der Waals surface area contributed by atoms with E-state index < -0.39 is 11.6 Å². The van der Waals surface area contributed by atoms with Crippen molar-refractivity contribution in [3.63, 3.8) is 0 Å². The van der Waals surface area contributed by atoms with Gasteiger partial charge in [-0.2, -0.15) is 0 Å². The van der Waals surface area contributed by atoms with Gasteiger partial charge in [0.15, 0.2) is 0 Å². The van der Waals surface area contributed by atoms with Crippen molar-refractivity contribution in [1.29, 1.82) is 0 Å². The summed E-state index contributed by atoms with van der Waals surface area (Å²) in [6, 6.07) is 5.77. The van der Waals surface area contributed by atoms with Gasteiger partial charge < -0.3 is 16.4 Å². The van der Waals surface area contributed by atoms with E-state index in [9.17, 15) is 14.0 Å². The second-order valence-corrected chi connectivity index (χ2v) is 6.10. The predicted octanol–water partition coefficient (Wildman–Crippen LogP) is 1.45. The standard InChI is InChI=1S/C16H22FN3O2.ClH/c1-10(2)14(18)15(22)19-9-13(21)20-16(7-8-16)11-5-3-4-6-12(11)17;/h3-6,10,14H,7-9,18H2,1-2H3,(H,19,22)(H,20,21);1H/t14-;/m0./s1. The molecule has 5 nitrogen and oxygen atoms in total. The lowest BCUT2D eigenvalue weighted by atomic mass is 10.0. The van der Waals surface area contributed by atoms with Crippen molar-refractivity contribution in [2.45, 2.75) is 38.3 Å². The molecular formula is C16H23ClFN3O2. The third-order valence-corrected chi connectivity index (χ3v) is 3.96. The molecule has 0 aliphatic heterocycles. The van der Waals surface area contributed by atoms with E-state index in [1.165, 1.54) is 6.07 Å². The Morgan fingerprint density at radius 3 is 2.43 bits per heavy atom. The van der Waals surface area contributed by atoms with Crippen LogP contribution in [0.15, 0.2) is 24.3 Å². The molecule has 0 radical (unpaired) electrons. The first kappa shape index (κ1) is 19.4. The zero-order valence-electron chi connectivity index (χ0n) is 13.3. The molecule has 0 bridgehead atoms. The summed E-state index contributed by atoms with van der Waals surface area (Å²) in [5, 5.41) is 5.32. The molecule has 1 atom stereocenters. The van der Waals surface area contributed by atoms with Crippen molar-refractivity contribution >= 4 is 24.2 Å². The molecule has 1 aliphatic carbocycles. The molecule has 0 heterocycles. The van der Waals surface area contributed by atoms with Crippen LogP contribution in [-0.4, -0.2) is 24.4 Å². The van der Waals surface area contributed by atoms with E-state index in [0.29, 0.717) is 18.4 Å². The van der Waals surface area contributed by atoms with Gasteiger partial charge in [-0.1, -0.05) is 32.0 Å². The van der Waals surface area contributed by atoms with Crippen LogP contribution >= 0.6 is 12.4 Å². The topological polar surface area (TPSA) is 84.2 Å². The summed E-state index contributed by atoms with van der Waals surface area (Å²) < 4.78 is 13.8. The minimum Gasteiger partial charge on any atom is -0.346 e. The molecule has 128 valence electrons.